The molecule has 1 fully saturated rings. The van der Waals surface area contributed by atoms with Crippen molar-refractivity contribution in [3.05, 3.63) is 29.8 Å². The number of benzene rings is 1. The lowest BCUT2D eigenvalue weighted by Crippen LogP contribution is -2.34. The number of carbonyl (C=O) groups excluding carboxylic acids is 2. The van der Waals surface area contributed by atoms with Crippen LogP contribution in [0, 0.1) is 5.41 Å². The smallest absolute Gasteiger partial charge is 0.236 e. The van der Waals surface area contributed by atoms with Gasteiger partial charge in [0.25, 0.3) is 0 Å². The first-order valence-corrected chi connectivity index (χ1v) is 6.65. The summed E-state index contributed by atoms with van der Waals surface area (Å²) in [7, 11) is 0. The molecule has 2 amide bonds. The van der Waals surface area contributed by atoms with E-state index in [0.29, 0.717) is 25.8 Å². The topological polar surface area (TPSA) is 57.6 Å². The molecule has 0 saturated carbocycles. The molecule has 1 aliphatic rings. The number of aromatic hydroxyl groups is 1. The Hall–Kier alpha value is -1.84. The molecule has 1 N–H and O–H groups in total. The lowest BCUT2D eigenvalue weighted by molar-refractivity contribution is -0.142. The summed E-state index contributed by atoms with van der Waals surface area (Å²) < 4.78 is 0. The average Bonchev–Trinajstić information content (AvgIpc) is 2.66. The highest BCUT2D eigenvalue weighted by atomic mass is 16.3. The maximum Gasteiger partial charge on any atom is 0.236 e. The fourth-order valence-electron chi connectivity index (χ4n) is 2.61. The Morgan fingerprint density at radius 1 is 1.16 bits per heavy atom. The number of likely N-dealkylation sites (tertiary alicyclic amines) is 1. The standard InChI is InChI=1S/C15H19NO3/c1-3-15(4-2)9-13(18)16(14(15)19)10-11-5-7-12(17)8-6-11/h5-8,17H,3-4,9-10H2,1-2H3. The van der Waals surface area contributed by atoms with E-state index in [4.69, 9.17) is 0 Å². The van der Waals surface area contributed by atoms with E-state index in [1.807, 2.05) is 13.8 Å². The van der Waals surface area contributed by atoms with Gasteiger partial charge in [0.15, 0.2) is 0 Å². The van der Waals surface area contributed by atoms with E-state index in [9.17, 15) is 14.7 Å². The van der Waals surface area contributed by atoms with E-state index in [0.717, 1.165) is 5.56 Å². The van der Waals surface area contributed by atoms with Crippen LogP contribution in [0.3, 0.4) is 0 Å². The molecule has 19 heavy (non-hydrogen) atoms. The lowest BCUT2D eigenvalue weighted by atomic mass is 9.81. The van der Waals surface area contributed by atoms with Crippen molar-refractivity contribution >= 4 is 11.8 Å². The molecule has 0 bridgehead atoms. The molecule has 0 aliphatic carbocycles. The van der Waals surface area contributed by atoms with Crippen LogP contribution in [0.15, 0.2) is 24.3 Å². The molecule has 1 heterocycles. The normalized spacial score (nSPS) is 18.1. The molecule has 0 aromatic heterocycles. The molecule has 1 saturated heterocycles. The lowest BCUT2D eigenvalue weighted by Gasteiger charge is -2.23. The Morgan fingerprint density at radius 2 is 1.74 bits per heavy atom. The second-order valence-electron chi connectivity index (χ2n) is 5.12. The second-order valence-corrected chi connectivity index (χ2v) is 5.12. The first-order chi connectivity index (χ1) is 9.02. The van der Waals surface area contributed by atoms with E-state index in [2.05, 4.69) is 0 Å². The maximum atomic E-state index is 12.4. The summed E-state index contributed by atoms with van der Waals surface area (Å²) in [4.78, 5) is 25.8. The third-order valence-corrected chi connectivity index (χ3v) is 4.12. The highest BCUT2D eigenvalue weighted by molar-refractivity contribution is 6.05. The molecule has 0 spiro atoms. The van der Waals surface area contributed by atoms with Crippen molar-refractivity contribution < 1.29 is 14.7 Å². The Balaban J connectivity index is 2.19. The van der Waals surface area contributed by atoms with Crippen LogP contribution in [-0.2, 0) is 16.1 Å². The molecular weight excluding hydrogens is 242 g/mol. The molecule has 1 aliphatic heterocycles. The first kappa shape index (κ1) is 13.6. The summed E-state index contributed by atoms with van der Waals surface area (Å²) in [6, 6.07) is 6.59. The molecule has 4 heteroatoms. The van der Waals surface area contributed by atoms with Gasteiger partial charge >= 0.3 is 0 Å². The van der Waals surface area contributed by atoms with Gasteiger partial charge in [0, 0.05) is 6.42 Å². The summed E-state index contributed by atoms with van der Waals surface area (Å²) >= 11 is 0. The quantitative estimate of drug-likeness (QED) is 0.847. The minimum Gasteiger partial charge on any atom is -0.508 e. The summed E-state index contributed by atoms with van der Waals surface area (Å²) in [5.74, 6) is 0.0247. The van der Waals surface area contributed by atoms with Crippen LogP contribution in [-0.4, -0.2) is 21.8 Å². The number of nitrogens with zero attached hydrogens (tertiary/aromatic N) is 1. The van der Waals surface area contributed by atoms with E-state index >= 15 is 0 Å². The molecule has 2 rings (SSSR count). The van der Waals surface area contributed by atoms with E-state index < -0.39 is 5.41 Å². The molecule has 0 radical (unpaired) electrons. The Labute approximate surface area is 113 Å². The SMILES string of the molecule is CCC1(CC)CC(=O)N(Cc2ccc(O)cc2)C1=O. The van der Waals surface area contributed by atoms with Crippen molar-refractivity contribution in [1.82, 2.24) is 4.90 Å². The molecule has 0 unspecified atom stereocenters. The summed E-state index contributed by atoms with van der Waals surface area (Å²) in [6.45, 7) is 4.21. The van der Waals surface area contributed by atoms with Crippen molar-refractivity contribution in [1.29, 1.82) is 0 Å². The molecule has 1 aromatic rings. The van der Waals surface area contributed by atoms with Crippen LogP contribution in [0.2, 0.25) is 0 Å². The fourth-order valence-corrected chi connectivity index (χ4v) is 2.61. The van der Waals surface area contributed by atoms with Gasteiger partial charge in [-0.15, -0.1) is 0 Å². The third-order valence-electron chi connectivity index (χ3n) is 4.12. The number of hydrogen-bond acceptors (Lipinski definition) is 3. The number of amides is 2. The van der Waals surface area contributed by atoms with E-state index in [1.54, 1.807) is 24.3 Å². The fraction of sp³-hybridized carbons (Fsp3) is 0.467. The molecule has 102 valence electrons. The van der Waals surface area contributed by atoms with Crippen LogP contribution < -0.4 is 0 Å². The monoisotopic (exact) mass is 261 g/mol. The van der Waals surface area contributed by atoms with Gasteiger partial charge in [-0.25, -0.2) is 0 Å². The van der Waals surface area contributed by atoms with Gasteiger partial charge in [-0.3, -0.25) is 14.5 Å². The van der Waals surface area contributed by atoms with Gasteiger partial charge in [-0.05, 0) is 30.5 Å². The predicted molar refractivity (Wildman–Crippen MR) is 71.3 cm³/mol. The van der Waals surface area contributed by atoms with Gasteiger partial charge in [-0.2, -0.15) is 0 Å². The summed E-state index contributed by atoms with van der Waals surface area (Å²) in [6.07, 6.45) is 1.71. The van der Waals surface area contributed by atoms with Crippen LogP contribution in [0.4, 0.5) is 0 Å². The highest BCUT2D eigenvalue weighted by Crippen LogP contribution is 2.39. The van der Waals surface area contributed by atoms with Crippen molar-refractivity contribution in [3.8, 4) is 5.75 Å². The molecular formula is C15H19NO3. The van der Waals surface area contributed by atoms with E-state index in [1.165, 1.54) is 4.90 Å². The number of phenolic OH excluding ortho intramolecular Hbond substituents is 1. The zero-order valence-corrected chi connectivity index (χ0v) is 11.3. The number of rotatable bonds is 4. The number of imide groups is 1. The minimum absolute atomic E-state index is 0.0597. The third kappa shape index (κ3) is 2.35. The van der Waals surface area contributed by atoms with Crippen molar-refractivity contribution in [2.75, 3.05) is 0 Å². The maximum absolute atomic E-state index is 12.4. The minimum atomic E-state index is -0.506. The Bertz CT molecular complexity index is 489. The van der Waals surface area contributed by atoms with Gasteiger partial charge in [0.05, 0.1) is 12.0 Å². The Morgan fingerprint density at radius 3 is 2.21 bits per heavy atom. The average molecular weight is 261 g/mol. The molecule has 0 atom stereocenters. The molecule has 1 aromatic carbocycles. The van der Waals surface area contributed by atoms with Gasteiger partial charge in [0.2, 0.25) is 11.8 Å². The van der Waals surface area contributed by atoms with Gasteiger partial charge in [-0.1, -0.05) is 26.0 Å². The predicted octanol–water partition coefficient (Wildman–Crippen LogP) is 2.46. The van der Waals surface area contributed by atoms with Crippen LogP contribution in [0.1, 0.15) is 38.7 Å². The van der Waals surface area contributed by atoms with Gasteiger partial charge in [0.1, 0.15) is 5.75 Å². The van der Waals surface area contributed by atoms with Crippen LogP contribution in [0.5, 0.6) is 5.75 Å². The number of hydrogen-bond donors (Lipinski definition) is 1. The number of carbonyl (C=O) groups is 2. The van der Waals surface area contributed by atoms with Crippen LogP contribution in [0.25, 0.3) is 0 Å². The Kier molecular flexibility index (Phi) is 3.60. The van der Waals surface area contributed by atoms with E-state index in [-0.39, 0.29) is 17.6 Å². The zero-order valence-electron chi connectivity index (χ0n) is 11.3. The zero-order chi connectivity index (χ0) is 14.0. The van der Waals surface area contributed by atoms with Crippen LogP contribution >= 0.6 is 0 Å². The van der Waals surface area contributed by atoms with Crippen molar-refractivity contribution in [2.45, 2.75) is 39.7 Å². The van der Waals surface area contributed by atoms with Crippen molar-refractivity contribution in [2.24, 2.45) is 5.41 Å². The van der Waals surface area contributed by atoms with Gasteiger partial charge < -0.3 is 5.11 Å². The largest absolute Gasteiger partial charge is 0.508 e. The first-order valence-electron chi connectivity index (χ1n) is 6.65. The summed E-state index contributed by atoms with van der Waals surface area (Å²) in [5.41, 5.74) is 0.344. The second kappa shape index (κ2) is 5.03. The number of phenols is 1. The molecule has 4 nitrogen and oxygen atoms in total. The summed E-state index contributed by atoms with van der Waals surface area (Å²) in [5, 5.41) is 9.23. The highest BCUT2D eigenvalue weighted by Gasteiger charge is 2.48. The van der Waals surface area contributed by atoms with Crippen molar-refractivity contribution in [3.63, 3.8) is 0 Å².